The molecule has 11 heavy (non-hydrogen) atoms. The minimum atomic E-state index is -0.604. The fourth-order valence-corrected chi connectivity index (χ4v) is 2.06. The van der Waals surface area contributed by atoms with E-state index in [1.807, 2.05) is 0 Å². The molecule has 0 spiro atoms. The van der Waals surface area contributed by atoms with Crippen LogP contribution in [0.25, 0.3) is 0 Å². The van der Waals surface area contributed by atoms with Crippen LogP contribution in [0.4, 0.5) is 0 Å². The van der Waals surface area contributed by atoms with Gasteiger partial charge in [-0.15, -0.1) is 12.4 Å². The van der Waals surface area contributed by atoms with Gasteiger partial charge in [-0.3, -0.25) is 4.79 Å². The molecule has 2 heterocycles. The molecule has 0 radical (unpaired) electrons. The Labute approximate surface area is 71.8 Å². The van der Waals surface area contributed by atoms with Gasteiger partial charge in [-0.1, -0.05) is 0 Å². The summed E-state index contributed by atoms with van der Waals surface area (Å²) in [5.41, 5.74) is 0. The zero-order chi connectivity index (χ0) is 7.14. The fourth-order valence-electron chi connectivity index (χ4n) is 2.06. The number of carbonyl (C=O) groups is 1. The lowest BCUT2D eigenvalue weighted by Crippen LogP contribution is -2.28. The number of piperidine rings is 1. The molecule has 2 bridgehead atoms. The molecular formula is C7H12ClNO2. The molecule has 2 rings (SSSR count). The molecule has 2 fully saturated rings. The van der Waals surface area contributed by atoms with E-state index >= 15 is 0 Å². The van der Waals surface area contributed by atoms with Crippen molar-refractivity contribution in [2.24, 2.45) is 11.8 Å². The Morgan fingerprint density at radius 3 is 2.45 bits per heavy atom. The first-order chi connectivity index (χ1) is 4.77. The van der Waals surface area contributed by atoms with E-state index in [2.05, 4.69) is 4.90 Å². The van der Waals surface area contributed by atoms with Crippen molar-refractivity contribution in [1.82, 2.24) is 4.90 Å². The highest BCUT2D eigenvalue weighted by Gasteiger charge is 2.41. The van der Waals surface area contributed by atoms with E-state index in [0.29, 0.717) is 5.92 Å². The predicted octanol–water partition coefficient (Wildman–Crippen LogP) is 0.444. The molecule has 3 atom stereocenters. The molecule has 4 heteroatoms. The first kappa shape index (κ1) is 8.81. The van der Waals surface area contributed by atoms with Crippen LogP contribution in [0, 0.1) is 11.8 Å². The number of carboxylic acids is 1. The van der Waals surface area contributed by atoms with Crippen molar-refractivity contribution in [2.45, 2.75) is 6.42 Å². The van der Waals surface area contributed by atoms with Gasteiger partial charge in [0.2, 0.25) is 0 Å². The second-order valence-electron chi connectivity index (χ2n) is 3.25. The minimum absolute atomic E-state index is 0. The van der Waals surface area contributed by atoms with Crippen molar-refractivity contribution in [3.05, 3.63) is 0 Å². The first-order valence-corrected chi connectivity index (χ1v) is 3.72. The summed E-state index contributed by atoms with van der Waals surface area (Å²) < 4.78 is 0. The Balaban J connectivity index is 0.000000605. The van der Waals surface area contributed by atoms with Gasteiger partial charge in [0, 0.05) is 13.1 Å². The average Bonchev–Trinajstić information content (AvgIpc) is 2.44. The SMILES string of the molecule is Cl.O=C(O)C1CN2CCC1C2. The molecule has 64 valence electrons. The van der Waals surface area contributed by atoms with E-state index in [0.717, 1.165) is 26.1 Å². The Kier molecular flexibility index (Phi) is 2.40. The molecular weight excluding hydrogens is 166 g/mol. The monoisotopic (exact) mass is 177 g/mol. The number of aliphatic carboxylic acids is 1. The van der Waals surface area contributed by atoms with Crippen LogP contribution in [0.15, 0.2) is 0 Å². The molecule has 2 aliphatic rings. The van der Waals surface area contributed by atoms with Gasteiger partial charge in [0.1, 0.15) is 0 Å². The summed E-state index contributed by atoms with van der Waals surface area (Å²) in [5, 5.41) is 8.71. The summed E-state index contributed by atoms with van der Waals surface area (Å²) in [6, 6.07) is 0. The molecule has 0 saturated carbocycles. The number of nitrogens with zero attached hydrogens (tertiary/aromatic N) is 1. The van der Waals surface area contributed by atoms with E-state index in [4.69, 9.17) is 5.11 Å². The number of hydrogen-bond donors (Lipinski definition) is 1. The third-order valence-electron chi connectivity index (χ3n) is 2.65. The number of halogens is 1. The molecule has 0 aromatic carbocycles. The van der Waals surface area contributed by atoms with E-state index < -0.39 is 5.97 Å². The van der Waals surface area contributed by atoms with Crippen molar-refractivity contribution in [3.8, 4) is 0 Å². The Bertz CT molecular complexity index is 174. The maximum absolute atomic E-state index is 10.6. The Morgan fingerprint density at radius 2 is 2.18 bits per heavy atom. The van der Waals surface area contributed by atoms with E-state index in [1.54, 1.807) is 0 Å². The van der Waals surface area contributed by atoms with Crippen LogP contribution in [-0.4, -0.2) is 35.6 Å². The van der Waals surface area contributed by atoms with Crippen LogP contribution >= 0.6 is 12.4 Å². The van der Waals surface area contributed by atoms with E-state index in [1.165, 1.54) is 0 Å². The molecule has 0 amide bonds. The fraction of sp³-hybridized carbons (Fsp3) is 0.857. The topological polar surface area (TPSA) is 40.5 Å². The van der Waals surface area contributed by atoms with Crippen LogP contribution in [-0.2, 0) is 4.79 Å². The molecule has 0 aliphatic carbocycles. The van der Waals surface area contributed by atoms with Crippen LogP contribution in [0.2, 0.25) is 0 Å². The Morgan fingerprint density at radius 1 is 1.45 bits per heavy atom. The lowest BCUT2D eigenvalue weighted by atomic mass is 9.93. The van der Waals surface area contributed by atoms with Gasteiger partial charge in [-0.05, 0) is 18.9 Å². The van der Waals surface area contributed by atoms with Gasteiger partial charge in [0.25, 0.3) is 0 Å². The lowest BCUT2D eigenvalue weighted by Gasteiger charge is -2.17. The second-order valence-corrected chi connectivity index (χ2v) is 3.25. The van der Waals surface area contributed by atoms with Crippen molar-refractivity contribution in [2.75, 3.05) is 19.6 Å². The zero-order valence-corrected chi connectivity index (χ0v) is 7.01. The zero-order valence-electron chi connectivity index (χ0n) is 6.19. The molecule has 3 unspecified atom stereocenters. The largest absolute Gasteiger partial charge is 0.481 e. The standard InChI is InChI=1S/C7H11NO2.ClH/c9-7(10)6-4-8-2-1-5(6)3-8;/h5-6H,1-4H2,(H,9,10);1H. The molecule has 2 aliphatic heterocycles. The van der Waals surface area contributed by atoms with Crippen LogP contribution in [0.1, 0.15) is 6.42 Å². The number of rotatable bonds is 1. The van der Waals surface area contributed by atoms with Crippen LogP contribution in [0.3, 0.4) is 0 Å². The summed E-state index contributed by atoms with van der Waals surface area (Å²) in [7, 11) is 0. The molecule has 2 saturated heterocycles. The maximum Gasteiger partial charge on any atom is 0.308 e. The summed E-state index contributed by atoms with van der Waals surface area (Å²) in [6.07, 6.45) is 1.09. The van der Waals surface area contributed by atoms with Gasteiger partial charge < -0.3 is 10.0 Å². The predicted molar refractivity (Wildman–Crippen MR) is 42.9 cm³/mol. The summed E-state index contributed by atoms with van der Waals surface area (Å²) in [4.78, 5) is 12.8. The molecule has 1 N–H and O–H groups in total. The summed E-state index contributed by atoms with van der Waals surface area (Å²) >= 11 is 0. The average molecular weight is 178 g/mol. The van der Waals surface area contributed by atoms with E-state index in [9.17, 15) is 4.79 Å². The summed E-state index contributed by atoms with van der Waals surface area (Å²) in [6.45, 7) is 2.94. The molecule has 0 aromatic heterocycles. The molecule has 3 nitrogen and oxygen atoms in total. The third-order valence-corrected chi connectivity index (χ3v) is 2.65. The highest BCUT2D eigenvalue weighted by Crippen LogP contribution is 2.32. The number of fused-ring (bicyclic) bond motifs is 2. The van der Waals surface area contributed by atoms with E-state index in [-0.39, 0.29) is 18.3 Å². The van der Waals surface area contributed by atoms with Crippen molar-refractivity contribution in [3.63, 3.8) is 0 Å². The number of hydrogen-bond acceptors (Lipinski definition) is 2. The normalized spacial score (nSPS) is 40.2. The van der Waals surface area contributed by atoms with Gasteiger partial charge in [-0.25, -0.2) is 0 Å². The first-order valence-electron chi connectivity index (χ1n) is 3.72. The molecule has 0 aromatic rings. The van der Waals surface area contributed by atoms with Crippen molar-refractivity contribution < 1.29 is 9.90 Å². The van der Waals surface area contributed by atoms with Crippen LogP contribution in [0.5, 0.6) is 0 Å². The van der Waals surface area contributed by atoms with Gasteiger partial charge in [0.05, 0.1) is 5.92 Å². The maximum atomic E-state index is 10.6. The van der Waals surface area contributed by atoms with Crippen molar-refractivity contribution >= 4 is 18.4 Å². The second kappa shape index (κ2) is 2.99. The van der Waals surface area contributed by atoms with Crippen LogP contribution < -0.4 is 0 Å². The highest BCUT2D eigenvalue weighted by molar-refractivity contribution is 5.85. The summed E-state index contributed by atoms with van der Waals surface area (Å²) in [5.74, 6) is -0.210. The van der Waals surface area contributed by atoms with Gasteiger partial charge in [0.15, 0.2) is 0 Å². The quantitative estimate of drug-likeness (QED) is 0.632. The number of carboxylic acid groups (broad SMARTS) is 1. The minimum Gasteiger partial charge on any atom is -0.481 e. The highest BCUT2D eigenvalue weighted by atomic mass is 35.5. The Hall–Kier alpha value is -0.280. The van der Waals surface area contributed by atoms with Gasteiger partial charge in [-0.2, -0.15) is 0 Å². The van der Waals surface area contributed by atoms with Gasteiger partial charge >= 0.3 is 5.97 Å². The van der Waals surface area contributed by atoms with Crippen molar-refractivity contribution in [1.29, 1.82) is 0 Å². The lowest BCUT2D eigenvalue weighted by molar-refractivity contribution is -0.143. The third kappa shape index (κ3) is 1.35. The smallest absolute Gasteiger partial charge is 0.308 e.